The normalized spacial score (nSPS) is 44.9. The van der Waals surface area contributed by atoms with Crippen LogP contribution in [0.4, 0.5) is 13.2 Å². The number of halogens is 3. The first-order valence-electron chi connectivity index (χ1n) is 11.7. The van der Waals surface area contributed by atoms with Crippen LogP contribution in [0.15, 0.2) is 24.3 Å². The fourth-order valence-corrected chi connectivity index (χ4v) is 6.42. The van der Waals surface area contributed by atoms with Crippen LogP contribution in [0.2, 0.25) is 0 Å². The minimum atomic E-state index is -4.80. The summed E-state index contributed by atoms with van der Waals surface area (Å²) in [6.07, 6.45) is -3.47. The molecule has 1 saturated carbocycles. The third-order valence-corrected chi connectivity index (χ3v) is 8.31. The van der Waals surface area contributed by atoms with Gasteiger partial charge in [0, 0.05) is 18.3 Å². The zero-order valence-corrected chi connectivity index (χ0v) is 19.1. The molecule has 1 unspecified atom stereocenters. The number of ether oxygens (including phenoxy) is 3. The Hall–Kier alpha value is -1.23. The predicted octanol–water partition coefficient (Wildman–Crippen LogP) is 4.84. The van der Waals surface area contributed by atoms with E-state index >= 15 is 0 Å². The van der Waals surface area contributed by atoms with Crippen LogP contribution in [0.25, 0.3) is 0 Å². The van der Waals surface area contributed by atoms with E-state index in [1.165, 1.54) is 6.92 Å². The van der Waals surface area contributed by atoms with Crippen LogP contribution in [0.5, 0.6) is 0 Å². The summed E-state index contributed by atoms with van der Waals surface area (Å²) in [7, 11) is 0. The number of alkyl halides is 3. The first-order chi connectivity index (χ1) is 15.5. The van der Waals surface area contributed by atoms with Crippen LogP contribution >= 0.6 is 0 Å². The van der Waals surface area contributed by atoms with E-state index in [2.05, 4.69) is 6.92 Å². The van der Waals surface area contributed by atoms with E-state index in [0.717, 1.165) is 12.8 Å². The number of aliphatic hydroxyl groups excluding tert-OH is 1. The molecular formula is C24H31F3O6. The second-order valence-electron chi connectivity index (χ2n) is 10.2. The van der Waals surface area contributed by atoms with Crippen molar-refractivity contribution in [1.82, 2.24) is 0 Å². The lowest BCUT2D eigenvalue weighted by atomic mass is 9.57. The number of hydrogen-bond donors (Lipinski definition) is 1. The number of benzene rings is 1. The van der Waals surface area contributed by atoms with Crippen molar-refractivity contribution in [3.05, 3.63) is 35.4 Å². The molecule has 1 aromatic rings. The molecule has 33 heavy (non-hydrogen) atoms. The van der Waals surface area contributed by atoms with Crippen molar-refractivity contribution in [2.45, 2.75) is 89.3 Å². The smallest absolute Gasteiger partial charge is 0.392 e. The maximum absolute atomic E-state index is 14.8. The van der Waals surface area contributed by atoms with Gasteiger partial charge in [-0.05, 0) is 49.1 Å². The molecule has 9 heteroatoms. The second-order valence-corrected chi connectivity index (χ2v) is 10.2. The van der Waals surface area contributed by atoms with Crippen molar-refractivity contribution in [3.63, 3.8) is 0 Å². The van der Waals surface area contributed by atoms with Crippen LogP contribution in [0.1, 0.15) is 57.6 Å². The molecule has 4 heterocycles. The number of rotatable bonds is 4. The standard InChI is InChI=1S/C24H31F3O6/c1-14-4-9-19-15(2)23(24(25,26)27,29-13-17-7-5-16(12-28)6-8-17)31-20-22(19)18(14)10-11-21(3,30-20)32-33-22/h5-8,14-15,18-20,28H,4,9-13H2,1-3H3/t14-,15-,18+,19+,20+,21+,22?,23-/m1/s1. The number of hydrogen-bond acceptors (Lipinski definition) is 6. The van der Waals surface area contributed by atoms with E-state index in [-0.39, 0.29) is 25.0 Å². The third kappa shape index (κ3) is 3.46. The van der Waals surface area contributed by atoms with Gasteiger partial charge in [-0.2, -0.15) is 13.2 Å². The maximum Gasteiger partial charge on any atom is 0.443 e. The highest BCUT2D eigenvalue weighted by atomic mass is 19.4. The minimum absolute atomic E-state index is 0.0368. The van der Waals surface area contributed by atoms with Gasteiger partial charge in [-0.25, -0.2) is 9.78 Å². The average molecular weight is 473 g/mol. The molecule has 0 amide bonds. The van der Waals surface area contributed by atoms with E-state index < -0.39 is 41.5 Å². The summed E-state index contributed by atoms with van der Waals surface area (Å²) in [6.45, 7) is 4.89. The van der Waals surface area contributed by atoms with Crippen LogP contribution in [0.3, 0.4) is 0 Å². The SMILES string of the molecule is C[C@@H]1CC[C@H]2[C@@H](C)[C@](OCc3ccc(CO)cc3)(C(F)(F)F)O[C@@H]3O[C@]4(C)CC[C@@H]1C32OO4. The Labute approximate surface area is 191 Å². The summed E-state index contributed by atoms with van der Waals surface area (Å²) in [6, 6.07) is 6.60. The quantitative estimate of drug-likeness (QED) is 0.633. The lowest BCUT2D eigenvalue weighted by Crippen LogP contribution is -2.75. The molecule has 0 radical (unpaired) electrons. The van der Waals surface area contributed by atoms with Crippen molar-refractivity contribution in [2.24, 2.45) is 23.7 Å². The van der Waals surface area contributed by atoms with Gasteiger partial charge < -0.3 is 19.3 Å². The molecule has 1 aliphatic carbocycles. The van der Waals surface area contributed by atoms with Gasteiger partial charge in [-0.1, -0.05) is 38.1 Å². The first-order valence-corrected chi connectivity index (χ1v) is 11.7. The first kappa shape index (κ1) is 23.5. The maximum atomic E-state index is 14.8. The zero-order valence-electron chi connectivity index (χ0n) is 19.1. The molecule has 2 bridgehead atoms. The van der Waals surface area contributed by atoms with Crippen molar-refractivity contribution in [3.8, 4) is 0 Å². The molecule has 4 saturated heterocycles. The number of fused-ring (bicyclic) bond motifs is 2. The Balaban J connectivity index is 1.52. The lowest BCUT2D eigenvalue weighted by molar-refractivity contribution is -0.599. The van der Waals surface area contributed by atoms with Crippen LogP contribution in [-0.2, 0) is 37.2 Å². The molecule has 6 rings (SSSR count). The van der Waals surface area contributed by atoms with Crippen molar-refractivity contribution in [2.75, 3.05) is 0 Å². The van der Waals surface area contributed by atoms with E-state index in [9.17, 15) is 18.3 Å². The van der Waals surface area contributed by atoms with Gasteiger partial charge in [0.1, 0.15) is 0 Å². The lowest BCUT2D eigenvalue weighted by Gasteiger charge is -2.62. The van der Waals surface area contributed by atoms with Crippen LogP contribution < -0.4 is 0 Å². The van der Waals surface area contributed by atoms with E-state index in [0.29, 0.717) is 24.0 Å². The summed E-state index contributed by atoms with van der Waals surface area (Å²) in [5.74, 6) is -5.37. The van der Waals surface area contributed by atoms with Crippen LogP contribution in [-0.4, -0.2) is 34.7 Å². The summed E-state index contributed by atoms with van der Waals surface area (Å²) >= 11 is 0. The second kappa shape index (κ2) is 7.90. The zero-order chi connectivity index (χ0) is 23.6. The predicted molar refractivity (Wildman–Crippen MR) is 109 cm³/mol. The highest BCUT2D eigenvalue weighted by Crippen LogP contribution is 2.64. The fraction of sp³-hybridized carbons (Fsp3) is 0.750. The molecule has 0 aromatic heterocycles. The number of aliphatic hydroxyl groups is 1. The van der Waals surface area contributed by atoms with Crippen molar-refractivity contribution >= 4 is 0 Å². The van der Waals surface area contributed by atoms with Gasteiger partial charge >= 0.3 is 6.18 Å². The largest absolute Gasteiger partial charge is 0.443 e. The van der Waals surface area contributed by atoms with Gasteiger partial charge in [0.2, 0.25) is 5.79 Å². The average Bonchev–Trinajstić information content (AvgIpc) is 3.00. The highest BCUT2D eigenvalue weighted by Gasteiger charge is 2.77. The van der Waals surface area contributed by atoms with Gasteiger partial charge in [0.25, 0.3) is 5.79 Å². The topological polar surface area (TPSA) is 66.4 Å². The molecule has 4 aliphatic heterocycles. The Bertz CT molecular complexity index is 878. The van der Waals surface area contributed by atoms with Gasteiger partial charge in [-0.15, -0.1) is 0 Å². The molecule has 6 nitrogen and oxygen atoms in total. The molecule has 5 fully saturated rings. The summed E-state index contributed by atoms with van der Waals surface area (Å²) in [5.41, 5.74) is 0.120. The monoisotopic (exact) mass is 472 g/mol. The Kier molecular flexibility index (Phi) is 5.62. The van der Waals surface area contributed by atoms with E-state index in [1.807, 2.05) is 0 Å². The summed E-state index contributed by atoms with van der Waals surface area (Å²) in [5, 5.41) is 9.22. The third-order valence-electron chi connectivity index (χ3n) is 8.31. The Morgan fingerprint density at radius 3 is 2.36 bits per heavy atom. The van der Waals surface area contributed by atoms with Crippen molar-refractivity contribution < 1.29 is 42.3 Å². The highest BCUT2D eigenvalue weighted by molar-refractivity contribution is 5.21. The van der Waals surface area contributed by atoms with Gasteiger partial charge in [0.05, 0.1) is 13.2 Å². The molecule has 184 valence electrons. The molecule has 1 aromatic carbocycles. The van der Waals surface area contributed by atoms with Crippen LogP contribution in [0, 0.1) is 23.7 Å². The van der Waals surface area contributed by atoms with Gasteiger partial charge in [0.15, 0.2) is 11.9 Å². The van der Waals surface area contributed by atoms with E-state index in [1.54, 1.807) is 31.2 Å². The molecule has 5 aliphatic rings. The molecular weight excluding hydrogens is 441 g/mol. The Morgan fingerprint density at radius 1 is 1.00 bits per heavy atom. The fourth-order valence-electron chi connectivity index (χ4n) is 6.42. The van der Waals surface area contributed by atoms with Gasteiger partial charge in [-0.3, -0.25) is 0 Å². The Morgan fingerprint density at radius 2 is 1.70 bits per heavy atom. The molecule has 1 N–H and O–H groups in total. The molecule has 1 spiro atoms. The van der Waals surface area contributed by atoms with Crippen molar-refractivity contribution in [1.29, 1.82) is 0 Å². The van der Waals surface area contributed by atoms with E-state index in [4.69, 9.17) is 24.0 Å². The molecule has 8 atom stereocenters. The summed E-state index contributed by atoms with van der Waals surface area (Å²) in [4.78, 5) is 11.6. The summed E-state index contributed by atoms with van der Waals surface area (Å²) < 4.78 is 61.9. The minimum Gasteiger partial charge on any atom is -0.392 e.